The molecule has 7 nitrogen and oxygen atoms in total. The third-order valence-corrected chi connectivity index (χ3v) is 5.12. The van der Waals surface area contributed by atoms with E-state index in [2.05, 4.69) is 5.32 Å². The van der Waals surface area contributed by atoms with Crippen molar-refractivity contribution in [3.05, 3.63) is 58.6 Å². The molecule has 2 aromatic carbocycles. The van der Waals surface area contributed by atoms with Crippen molar-refractivity contribution in [2.45, 2.75) is 24.9 Å². The first kappa shape index (κ1) is 22.7. The highest BCUT2D eigenvalue weighted by Crippen LogP contribution is 2.44. The maximum atomic E-state index is 13.5. The fourth-order valence-electron chi connectivity index (χ4n) is 3.50. The van der Waals surface area contributed by atoms with E-state index in [0.717, 1.165) is 6.07 Å². The number of aromatic hydroxyl groups is 1. The molecule has 11 heteroatoms. The first-order valence-corrected chi connectivity index (χ1v) is 9.49. The molecular formula is C20H18ClF3N2O5. The predicted molar refractivity (Wildman–Crippen MR) is 104 cm³/mol. The summed E-state index contributed by atoms with van der Waals surface area (Å²) in [6.45, 7) is 1.78. The summed E-state index contributed by atoms with van der Waals surface area (Å²) in [6, 6.07) is 6.03. The number of amides is 2. The Morgan fingerprint density at radius 1 is 1.23 bits per heavy atom. The highest BCUT2D eigenvalue weighted by Gasteiger charge is 2.59. The summed E-state index contributed by atoms with van der Waals surface area (Å²) in [5, 5.41) is 25.7. The summed E-state index contributed by atoms with van der Waals surface area (Å²) in [5.74, 6) is -4.79. The van der Waals surface area contributed by atoms with Crippen LogP contribution in [0.15, 0.2) is 42.5 Å². The molecule has 2 aromatic rings. The lowest BCUT2D eigenvalue weighted by Crippen LogP contribution is -2.66. The van der Waals surface area contributed by atoms with Gasteiger partial charge in [0.1, 0.15) is 5.92 Å². The van der Waals surface area contributed by atoms with Crippen molar-refractivity contribution in [1.82, 2.24) is 10.6 Å². The van der Waals surface area contributed by atoms with Gasteiger partial charge in [-0.15, -0.1) is 0 Å². The lowest BCUT2D eigenvalue weighted by Gasteiger charge is -2.45. The Morgan fingerprint density at radius 2 is 1.87 bits per heavy atom. The summed E-state index contributed by atoms with van der Waals surface area (Å²) in [4.78, 5) is 24.8. The molecule has 4 N–H and O–H groups in total. The van der Waals surface area contributed by atoms with Crippen molar-refractivity contribution >= 4 is 23.4 Å². The van der Waals surface area contributed by atoms with Gasteiger partial charge < -0.3 is 25.6 Å². The highest BCUT2D eigenvalue weighted by molar-refractivity contribution is 6.30. The van der Waals surface area contributed by atoms with Gasteiger partial charge >= 0.3 is 12.2 Å². The van der Waals surface area contributed by atoms with Crippen molar-refractivity contribution in [3.63, 3.8) is 0 Å². The number of rotatable bonds is 5. The molecule has 31 heavy (non-hydrogen) atoms. The zero-order valence-corrected chi connectivity index (χ0v) is 16.8. The van der Waals surface area contributed by atoms with Crippen LogP contribution in [0.5, 0.6) is 11.5 Å². The Balaban J connectivity index is 2.19. The van der Waals surface area contributed by atoms with Crippen LogP contribution >= 0.6 is 11.6 Å². The SMILES string of the molecule is CCOc1cc([C@@H]2NC(=O)N[C@](O)(c3ccc(Cl)cc3)[C@H]2C(=O)C(F)(F)F)ccc1O. The number of hydrogen-bond donors (Lipinski definition) is 4. The van der Waals surface area contributed by atoms with Crippen LogP contribution in [0.2, 0.25) is 5.02 Å². The van der Waals surface area contributed by atoms with Crippen molar-refractivity contribution in [1.29, 1.82) is 0 Å². The van der Waals surface area contributed by atoms with Gasteiger partial charge in [-0.2, -0.15) is 13.2 Å². The third-order valence-electron chi connectivity index (χ3n) is 4.86. The molecule has 0 aromatic heterocycles. The van der Waals surface area contributed by atoms with Gasteiger partial charge in [0.15, 0.2) is 17.2 Å². The largest absolute Gasteiger partial charge is 0.504 e. The average molecular weight is 459 g/mol. The number of phenolic OH excluding ortho intramolecular Hbond substituents is 1. The molecule has 0 radical (unpaired) electrons. The fourth-order valence-corrected chi connectivity index (χ4v) is 3.62. The Bertz CT molecular complexity index is 999. The Labute approximate surface area is 179 Å². The van der Waals surface area contributed by atoms with Crippen LogP contribution < -0.4 is 15.4 Å². The number of urea groups is 1. The minimum atomic E-state index is -5.31. The number of benzene rings is 2. The zero-order chi connectivity index (χ0) is 23.0. The van der Waals surface area contributed by atoms with Crippen LogP contribution in [-0.4, -0.2) is 34.8 Å². The molecule has 1 heterocycles. The van der Waals surface area contributed by atoms with Crippen molar-refractivity contribution in [2.24, 2.45) is 5.92 Å². The molecule has 3 atom stereocenters. The van der Waals surface area contributed by atoms with E-state index in [9.17, 15) is 33.0 Å². The first-order valence-electron chi connectivity index (χ1n) is 9.11. The van der Waals surface area contributed by atoms with Gasteiger partial charge in [-0.3, -0.25) is 4.79 Å². The molecule has 1 aliphatic heterocycles. The van der Waals surface area contributed by atoms with Gasteiger partial charge in [0.25, 0.3) is 0 Å². The number of ketones is 1. The van der Waals surface area contributed by atoms with Gasteiger partial charge in [-0.25, -0.2) is 4.79 Å². The van der Waals surface area contributed by atoms with Crippen molar-refractivity contribution < 1.29 is 37.7 Å². The maximum absolute atomic E-state index is 13.5. The number of hydrogen-bond acceptors (Lipinski definition) is 5. The van der Waals surface area contributed by atoms with Crippen LogP contribution in [0.4, 0.5) is 18.0 Å². The number of alkyl halides is 3. The normalized spacial score (nSPS) is 23.6. The second-order valence-corrected chi connectivity index (χ2v) is 7.29. The number of ether oxygens (including phenoxy) is 1. The first-order chi connectivity index (χ1) is 14.5. The molecule has 1 aliphatic rings. The number of halogens is 4. The number of aliphatic hydroxyl groups is 1. The van der Waals surface area contributed by atoms with Crippen LogP contribution in [0.3, 0.4) is 0 Å². The Hall–Kier alpha value is -2.98. The van der Waals surface area contributed by atoms with Crippen LogP contribution in [0, 0.1) is 5.92 Å². The van der Waals surface area contributed by atoms with Crippen LogP contribution in [0.25, 0.3) is 0 Å². The lowest BCUT2D eigenvalue weighted by molar-refractivity contribution is -0.190. The van der Waals surface area contributed by atoms with Crippen molar-refractivity contribution in [2.75, 3.05) is 6.61 Å². The number of Topliss-reactive ketones (excluding diaryl/α,β-unsaturated/α-hetero) is 1. The molecular weight excluding hydrogens is 441 g/mol. The smallest absolute Gasteiger partial charge is 0.450 e. The molecule has 0 bridgehead atoms. The molecule has 0 saturated carbocycles. The van der Waals surface area contributed by atoms with E-state index in [1.165, 1.54) is 36.4 Å². The molecule has 0 unspecified atom stereocenters. The van der Waals surface area contributed by atoms with Gasteiger partial charge in [0.2, 0.25) is 5.78 Å². The van der Waals surface area contributed by atoms with Crippen LogP contribution in [0.1, 0.15) is 24.1 Å². The summed E-state index contributed by atoms with van der Waals surface area (Å²) >= 11 is 5.82. The molecule has 166 valence electrons. The summed E-state index contributed by atoms with van der Waals surface area (Å²) in [6.07, 6.45) is -5.31. The van der Waals surface area contributed by atoms with Gasteiger partial charge in [-0.05, 0) is 36.8 Å². The highest BCUT2D eigenvalue weighted by atomic mass is 35.5. The van der Waals surface area contributed by atoms with E-state index in [1.54, 1.807) is 6.92 Å². The predicted octanol–water partition coefficient (Wildman–Crippen LogP) is 3.39. The maximum Gasteiger partial charge on any atom is 0.450 e. The van der Waals surface area contributed by atoms with Crippen LogP contribution in [-0.2, 0) is 10.5 Å². The molecule has 0 aliphatic carbocycles. The topological polar surface area (TPSA) is 108 Å². The zero-order valence-electron chi connectivity index (χ0n) is 16.0. The average Bonchev–Trinajstić information content (AvgIpc) is 2.68. The molecule has 1 saturated heterocycles. The third kappa shape index (κ3) is 4.40. The molecule has 1 fully saturated rings. The Kier molecular flexibility index (Phi) is 6.06. The molecule has 0 spiro atoms. The fraction of sp³-hybridized carbons (Fsp3) is 0.300. The van der Waals surface area contributed by atoms with E-state index in [1.807, 2.05) is 5.32 Å². The molecule has 2 amide bonds. The van der Waals surface area contributed by atoms with Crippen molar-refractivity contribution in [3.8, 4) is 11.5 Å². The monoisotopic (exact) mass is 458 g/mol. The van der Waals surface area contributed by atoms with E-state index >= 15 is 0 Å². The second-order valence-electron chi connectivity index (χ2n) is 6.85. The van der Waals surface area contributed by atoms with Gasteiger partial charge in [-0.1, -0.05) is 29.8 Å². The summed E-state index contributed by atoms with van der Waals surface area (Å²) in [7, 11) is 0. The van der Waals surface area contributed by atoms with E-state index in [-0.39, 0.29) is 34.3 Å². The lowest BCUT2D eigenvalue weighted by atomic mass is 9.76. The second kappa shape index (κ2) is 8.27. The quantitative estimate of drug-likeness (QED) is 0.549. The van der Waals surface area contributed by atoms with Gasteiger partial charge in [0.05, 0.1) is 12.6 Å². The minimum absolute atomic E-state index is 0.0195. The standard InChI is InChI=1S/C20H18ClF3N2O5/c1-2-31-14-9-10(3-8-13(14)27)16-15(17(28)20(22,23)24)19(30,26-18(29)25-16)11-4-6-12(21)7-5-11/h3-9,15-16,27,30H,2H2,1H3,(H2,25,26,29)/t15-,16+,19+/m1/s1. The Morgan fingerprint density at radius 3 is 2.45 bits per heavy atom. The van der Waals surface area contributed by atoms with E-state index in [4.69, 9.17) is 16.3 Å². The summed E-state index contributed by atoms with van der Waals surface area (Å²) < 4.78 is 45.8. The van der Waals surface area contributed by atoms with E-state index in [0.29, 0.717) is 0 Å². The number of nitrogens with one attached hydrogen (secondary N) is 2. The summed E-state index contributed by atoms with van der Waals surface area (Å²) in [5.41, 5.74) is -2.84. The number of carbonyl (C=O) groups is 2. The molecule has 3 rings (SSSR count). The van der Waals surface area contributed by atoms with E-state index < -0.39 is 35.7 Å². The van der Waals surface area contributed by atoms with Gasteiger partial charge in [0, 0.05) is 10.6 Å². The minimum Gasteiger partial charge on any atom is -0.504 e. The number of phenols is 1. The number of carbonyl (C=O) groups excluding carboxylic acids is 2.